The fourth-order valence-corrected chi connectivity index (χ4v) is 4.35. The van der Waals surface area contributed by atoms with Gasteiger partial charge < -0.3 is 10.2 Å². The van der Waals surface area contributed by atoms with Crippen LogP contribution in [0, 0.1) is 0 Å². The number of hydrogen-bond donors (Lipinski definition) is 1. The van der Waals surface area contributed by atoms with Crippen LogP contribution in [0.2, 0.25) is 5.02 Å². The predicted molar refractivity (Wildman–Crippen MR) is 90.0 cm³/mol. The molecule has 1 saturated heterocycles. The Hall–Kier alpha value is -1.93. The zero-order chi connectivity index (χ0) is 16.4. The van der Waals surface area contributed by atoms with Gasteiger partial charge in [-0.15, -0.1) is 5.10 Å². The molecule has 0 aliphatic carbocycles. The molecule has 0 amide bonds. The predicted octanol–water partition coefficient (Wildman–Crippen LogP) is 1.89. The number of anilines is 3. The molecule has 23 heavy (non-hydrogen) atoms. The number of hydrogen-bond acceptors (Lipinski definition) is 7. The molecular weight excluding hydrogens is 338 g/mol. The lowest BCUT2D eigenvalue weighted by molar-refractivity contribution is 0.600. The monoisotopic (exact) mass is 353 g/mol. The van der Waals surface area contributed by atoms with Crippen molar-refractivity contribution in [2.24, 2.45) is 0 Å². The number of nitrogens with zero attached hydrogens (tertiary/aromatic N) is 4. The second kappa shape index (κ2) is 6.29. The average molecular weight is 354 g/mol. The summed E-state index contributed by atoms with van der Waals surface area (Å²) in [6.45, 7) is 0. The summed E-state index contributed by atoms with van der Waals surface area (Å²) in [4.78, 5) is 6.24. The molecule has 122 valence electrons. The van der Waals surface area contributed by atoms with E-state index in [2.05, 4.69) is 20.5 Å². The summed E-state index contributed by atoms with van der Waals surface area (Å²) in [5.74, 6) is 1.29. The Morgan fingerprint density at radius 3 is 2.70 bits per heavy atom. The van der Waals surface area contributed by atoms with Crippen molar-refractivity contribution in [3.05, 3.63) is 35.5 Å². The first-order valence-corrected chi connectivity index (χ1v) is 9.28. The van der Waals surface area contributed by atoms with E-state index in [9.17, 15) is 8.42 Å². The third-order valence-corrected chi connectivity index (χ3v) is 5.77. The van der Waals surface area contributed by atoms with Gasteiger partial charge in [0.25, 0.3) is 0 Å². The molecule has 1 fully saturated rings. The SMILES string of the molecule is CN(c1cnnc(Nc2ccc(Cl)cc2)n1)C1CCS(=O)(=O)C1. The quantitative estimate of drug-likeness (QED) is 0.897. The molecule has 1 aromatic heterocycles. The molecule has 1 aliphatic heterocycles. The first kappa shape index (κ1) is 15.9. The second-order valence-electron chi connectivity index (χ2n) is 5.44. The van der Waals surface area contributed by atoms with E-state index < -0.39 is 9.84 Å². The Morgan fingerprint density at radius 2 is 2.04 bits per heavy atom. The zero-order valence-corrected chi connectivity index (χ0v) is 14.0. The first-order valence-electron chi connectivity index (χ1n) is 7.08. The van der Waals surface area contributed by atoms with Crippen LogP contribution in [0.15, 0.2) is 30.5 Å². The molecule has 7 nitrogen and oxygen atoms in total. The maximum absolute atomic E-state index is 11.6. The minimum Gasteiger partial charge on any atom is -0.354 e. The molecule has 1 aliphatic rings. The van der Waals surface area contributed by atoms with Gasteiger partial charge in [0.1, 0.15) is 0 Å². The highest BCUT2D eigenvalue weighted by atomic mass is 35.5. The van der Waals surface area contributed by atoms with E-state index in [4.69, 9.17) is 11.6 Å². The van der Waals surface area contributed by atoms with E-state index in [1.54, 1.807) is 12.1 Å². The van der Waals surface area contributed by atoms with Gasteiger partial charge in [0.05, 0.1) is 17.7 Å². The number of sulfone groups is 1. The molecule has 9 heteroatoms. The van der Waals surface area contributed by atoms with Crippen LogP contribution in [0.25, 0.3) is 0 Å². The molecule has 2 heterocycles. The zero-order valence-electron chi connectivity index (χ0n) is 12.5. The van der Waals surface area contributed by atoms with Crippen molar-refractivity contribution >= 4 is 38.9 Å². The summed E-state index contributed by atoms with van der Waals surface area (Å²) in [7, 11) is -1.12. The number of nitrogens with one attached hydrogen (secondary N) is 1. The lowest BCUT2D eigenvalue weighted by atomic mass is 10.2. The van der Waals surface area contributed by atoms with E-state index in [-0.39, 0.29) is 17.5 Å². The highest BCUT2D eigenvalue weighted by molar-refractivity contribution is 7.91. The normalized spacial score (nSPS) is 19.5. The average Bonchev–Trinajstić information content (AvgIpc) is 2.89. The van der Waals surface area contributed by atoms with E-state index in [0.717, 1.165) is 5.69 Å². The van der Waals surface area contributed by atoms with Gasteiger partial charge in [-0.05, 0) is 30.7 Å². The standard InChI is InChI=1S/C14H16ClN5O2S/c1-20(12-6-7-23(21,22)9-12)13-8-16-19-14(18-13)17-11-4-2-10(15)3-5-11/h2-5,8,12H,6-7,9H2,1H3,(H,17,18,19). The summed E-state index contributed by atoms with van der Waals surface area (Å²) in [5, 5.41) is 11.6. The van der Waals surface area contributed by atoms with Crippen LogP contribution in [0.1, 0.15) is 6.42 Å². The molecule has 1 unspecified atom stereocenters. The van der Waals surface area contributed by atoms with E-state index in [1.165, 1.54) is 6.20 Å². The number of halogens is 1. The Labute approximate surface area is 139 Å². The van der Waals surface area contributed by atoms with Gasteiger partial charge in [-0.25, -0.2) is 8.42 Å². The Morgan fingerprint density at radius 1 is 1.30 bits per heavy atom. The van der Waals surface area contributed by atoms with Gasteiger partial charge in [0.2, 0.25) is 5.95 Å². The van der Waals surface area contributed by atoms with Crippen LogP contribution >= 0.6 is 11.6 Å². The highest BCUT2D eigenvalue weighted by Gasteiger charge is 2.31. The topological polar surface area (TPSA) is 88.1 Å². The fraction of sp³-hybridized carbons (Fsp3) is 0.357. The minimum absolute atomic E-state index is 0.0833. The van der Waals surface area contributed by atoms with Gasteiger partial charge in [-0.3, -0.25) is 0 Å². The largest absolute Gasteiger partial charge is 0.354 e. The Kier molecular flexibility index (Phi) is 4.36. The van der Waals surface area contributed by atoms with Crippen LogP contribution in [-0.4, -0.2) is 48.2 Å². The van der Waals surface area contributed by atoms with Gasteiger partial charge in [-0.2, -0.15) is 10.1 Å². The highest BCUT2D eigenvalue weighted by Crippen LogP contribution is 2.22. The van der Waals surface area contributed by atoms with Gasteiger partial charge in [0.15, 0.2) is 15.7 Å². The summed E-state index contributed by atoms with van der Waals surface area (Å²) in [6.07, 6.45) is 2.13. The fourth-order valence-electron chi connectivity index (χ4n) is 2.45. The van der Waals surface area contributed by atoms with Gasteiger partial charge in [-0.1, -0.05) is 11.6 Å². The second-order valence-corrected chi connectivity index (χ2v) is 8.10. The van der Waals surface area contributed by atoms with E-state index >= 15 is 0 Å². The summed E-state index contributed by atoms with van der Waals surface area (Å²) < 4.78 is 23.2. The Bertz CT molecular complexity index is 797. The van der Waals surface area contributed by atoms with Crippen molar-refractivity contribution < 1.29 is 8.42 Å². The maximum atomic E-state index is 11.6. The summed E-state index contributed by atoms with van der Waals surface area (Å²) >= 11 is 5.85. The maximum Gasteiger partial charge on any atom is 0.249 e. The van der Waals surface area contributed by atoms with Crippen molar-refractivity contribution in [3.63, 3.8) is 0 Å². The molecule has 1 N–H and O–H groups in total. The Balaban J connectivity index is 1.75. The molecule has 0 radical (unpaired) electrons. The number of benzene rings is 1. The molecule has 0 spiro atoms. The number of rotatable bonds is 4. The van der Waals surface area contributed by atoms with Crippen molar-refractivity contribution in [1.82, 2.24) is 15.2 Å². The molecule has 1 atom stereocenters. The van der Waals surface area contributed by atoms with Crippen LogP contribution in [0.5, 0.6) is 0 Å². The lowest BCUT2D eigenvalue weighted by Crippen LogP contribution is -2.33. The third-order valence-electron chi connectivity index (χ3n) is 3.76. The van der Waals surface area contributed by atoms with Crippen LogP contribution in [0.3, 0.4) is 0 Å². The molecule has 0 saturated carbocycles. The molecular formula is C14H16ClN5O2S. The van der Waals surface area contributed by atoms with Gasteiger partial charge in [0, 0.05) is 23.8 Å². The summed E-state index contributed by atoms with van der Waals surface area (Å²) in [5.41, 5.74) is 0.791. The van der Waals surface area contributed by atoms with Crippen LogP contribution in [-0.2, 0) is 9.84 Å². The third kappa shape index (κ3) is 3.89. The van der Waals surface area contributed by atoms with E-state index in [0.29, 0.717) is 23.2 Å². The molecule has 3 rings (SSSR count). The van der Waals surface area contributed by atoms with Crippen LogP contribution < -0.4 is 10.2 Å². The molecule has 1 aromatic carbocycles. The first-order chi connectivity index (χ1) is 10.9. The molecule has 2 aromatic rings. The van der Waals surface area contributed by atoms with Crippen molar-refractivity contribution in [2.45, 2.75) is 12.5 Å². The lowest BCUT2D eigenvalue weighted by Gasteiger charge is -2.24. The van der Waals surface area contributed by atoms with Crippen molar-refractivity contribution in [3.8, 4) is 0 Å². The van der Waals surface area contributed by atoms with Crippen molar-refractivity contribution in [1.29, 1.82) is 0 Å². The van der Waals surface area contributed by atoms with Crippen LogP contribution in [0.4, 0.5) is 17.5 Å². The van der Waals surface area contributed by atoms with Crippen molar-refractivity contribution in [2.75, 3.05) is 28.8 Å². The minimum atomic E-state index is -2.94. The van der Waals surface area contributed by atoms with E-state index in [1.807, 2.05) is 24.1 Å². The van der Waals surface area contributed by atoms with Gasteiger partial charge >= 0.3 is 0 Å². The smallest absolute Gasteiger partial charge is 0.249 e. The summed E-state index contributed by atoms with van der Waals surface area (Å²) in [6, 6.07) is 7.06. The number of aromatic nitrogens is 3. The molecule has 0 bridgehead atoms.